The van der Waals surface area contributed by atoms with Gasteiger partial charge in [0.1, 0.15) is 5.60 Å². The Labute approximate surface area is 186 Å². The van der Waals surface area contributed by atoms with Gasteiger partial charge in [-0.05, 0) is 62.6 Å². The summed E-state index contributed by atoms with van der Waals surface area (Å²) >= 11 is 0. The molecule has 0 saturated heterocycles. The maximum absolute atomic E-state index is 12.7. The number of carbonyl (C=O) groups is 3. The molecule has 1 aliphatic rings. The van der Waals surface area contributed by atoms with E-state index in [0.717, 1.165) is 11.1 Å². The molecular weight excluding hydrogens is 410 g/mol. The van der Waals surface area contributed by atoms with Gasteiger partial charge in [0.2, 0.25) is 0 Å². The molecule has 0 saturated carbocycles. The fourth-order valence-corrected chi connectivity index (χ4v) is 3.25. The van der Waals surface area contributed by atoms with Crippen LogP contribution in [0.15, 0.2) is 54.6 Å². The number of hydrogen-bond donors (Lipinski definition) is 3. The molecule has 3 rings (SSSR count). The first-order valence-corrected chi connectivity index (χ1v) is 10.3. The number of anilines is 2. The van der Waals surface area contributed by atoms with E-state index in [0.29, 0.717) is 36.4 Å². The summed E-state index contributed by atoms with van der Waals surface area (Å²) in [5, 5.41) is 14.5. The van der Waals surface area contributed by atoms with Gasteiger partial charge in [0.15, 0.2) is 0 Å². The Kier molecular flexibility index (Phi) is 6.82. The molecule has 2 aromatic rings. The molecule has 3 amide bonds. The number of carboxylic acid groups (broad SMARTS) is 1. The highest BCUT2D eigenvalue weighted by Gasteiger charge is 2.19. The SMILES string of the molecule is CC(C)(C)OC(=O)Nc1ccccc1NC(=O)c1ccc(C2=CCN(C(=O)O)CC2)cc1. The summed E-state index contributed by atoms with van der Waals surface area (Å²) in [4.78, 5) is 37.2. The maximum atomic E-state index is 12.7. The van der Waals surface area contributed by atoms with E-state index in [1.54, 1.807) is 57.2 Å². The zero-order chi connectivity index (χ0) is 23.3. The molecule has 168 valence electrons. The van der Waals surface area contributed by atoms with Crippen molar-refractivity contribution in [3.05, 3.63) is 65.7 Å². The lowest BCUT2D eigenvalue weighted by atomic mass is 9.98. The van der Waals surface area contributed by atoms with Crippen LogP contribution in [-0.2, 0) is 4.74 Å². The topological polar surface area (TPSA) is 108 Å². The minimum Gasteiger partial charge on any atom is -0.465 e. The van der Waals surface area contributed by atoms with Gasteiger partial charge >= 0.3 is 12.2 Å². The van der Waals surface area contributed by atoms with Crippen molar-refractivity contribution >= 4 is 35.0 Å². The normalized spacial score (nSPS) is 13.7. The Morgan fingerprint density at radius 3 is 2.12 bits per heavy atom. The molecule has 1 aliphatic heterocycles. The van der Waals surface area contributed by atoms with E-state index in [2.05, 4.69) is 10.6 Å². The second-order valence-electron chi connectivity index (χ2n) is 8.41. The molecule has 0 fully saturated rings. The number of rotatable bonds is 4. The van der Waals surface area contributed by atoms with Gasteiger partial charge in [-0.1, -0.05) is 30.3 Å². The third kappa shape index (κ3) is 6.10. The minimum absolute atomic E-state index is 0.315. The fraction of sp³-hybridized carbons (Fsp3) is 0.292. The molecule has 0 aromatic heterocycles. The maximum Gasteiger partial charge on any atom is 0.412 e. The van der Waals surface area contributed by atoms with Crippen LogP contribution in [0.5, 0.6) is 0 Å². The van der Waals surface area contributed by atoms with Crippen molar-refractivity contribution in [2.75, 3.05) is 23.7 Å². The summed E-state index contributed by atoms with van der Waals surface area (Å²) in [6.45, 7) is 6.12. The van der Waals surface area contributed by atoms with Crippen molar-refractivity contribution < 1.29 is 24.2 Å². The smallest absolute Gasteiger partial charge is 0.412 e. The van der Waals surface area contributed by atoms with Crippen LogP contribution in [0, 0.1) is 0 Å². The third-order valence-corrected chi connectivity index (χ3v) is 4.81. The van der Waals surface area contributed by atoms with Crippen molar-refractivity contribution in [2.24, 2.45) is 0 Å². The van der Waals surface area contributed by atoms with E-state index in [4.69, 9.17) is 9.84 Å². The number of carbonyl (C=O) groups excluding carboxylic acids is 2. The van der Waals surface area contributed by atoms with Gasteiger partial charge in [0.05, 0.1) is 11.4 Å². The second kappa shape index (κ2) is 9.55. The van der Waals surface area contributed by atoms with Crippen LogP contribution in [-0.4, -0.2) is 46.8 Å². The Morgan fingerprint density at radius 2 is 1.59 bits per heavy atom. The van der Waals surface area contributed by atoms with Crippen LogP contribution in [0.4, 0.5) is 21.0 Å². The monoisotopic (exact) mass is 437 g/mol. The predicted molar refractivity (Wildman–Crippen MR) is 123 cm³/mol. The molecule has 8 nitrogen and oxygen atoms in total. The molecule has 2 aromatic carbocycles. The van der Waals surface area contributed by atoms with E-state index in [1.807, 2.05) is 18.2 Å². The van der Waals surface area contributed by atoms with E-state index in [1.165, 1.54) is 4.90 Å². The van der Waals surface area contributed by atoms with Crippen LogP contribution >= 0.6 is 0 Å². The van der Waals surface area contributed by atoms with Crippen LogP contribution in [0.2, 0.25) is 0 Å². The van der Waals surface area contributed by atoms with E-state index < -0.39 is 17.8 Å². The van der Waals surface area contributed by atoms with Gasteiger partial charge in [-0.3, -0.25) is 10.1 Å². The molecule has 0 bridgehead atoms. The number of ether oxygens (including phenoxy) is 1. The van der Waals surface area contributed by atoms with Gasteiger partial charge < -0.3 is 20.1 Å². The summed E-state index contributed by atoms with van der Waals surface area (Å²) in [5.41, 5.74) is 2.73. The summed E-state index contributed by atoms with van der Waals surface area (Å²) in [6.07, 6.45) is 0.992. The largest absolute Gasteiger partial charge is 0.465 e. The average Bonchev–Trinajstić information content (AvgIpc) is 2.74. The zero-order valence-electron chi connectivity index (χ0n) is 18.3. The standard InChI is InChI=1S/C24H27N3O5/c1-24(2,3)32-22(29)26-20-7-5-4-6-19(20)25-21(28)18-10-8-16(9-11-18)17-12-14-27(15-13-17)23(30)31/h4-12H,13-15H2,1-3H3,(H,25,28)(H,26,29)(H,30,31). The molecule has 0 atom stereocenters. The Morgan fingerprint density at radius 1 is 0.969 bits per heavy atom. The lowest BCUT2D eigenvalue weighted by Gasteiger charge is -2.23. The van der Waals surface area contributed by atoms with E-state index >= 15 is 0 Å². The number of nitrogens with one attached hydrogen (secondary N) is 2. The lowest BCUT2D eigenvalue weighted by Crippen LogP contribution is -2.33. The molecule has 0 spiro atoms. The Hall–Kier alpha value is -3.81. The summed E-state index contributed by atoms with van der Waals surface area (Å²) < 4.78 is 5.27. The first-order chi connectivity index (χ1) is 15.1. The van der Waals surface area contributed by atoms with Gasteiger partial charge in [0, 0.05) is 18.7 Å². The number of nitrogens with zero attached hydrogens (tertiary/aromatic N) is 1. The molecule has 0 aliphatic carbocycles. The quantitative estimate of drug-likeness (QED) is 0.620. The first-order valence-electron chi connectivity index (χ1n) is 10.3. The summed E-state index contributed by atoms with van der Waals surface area (Å²) in [5.74, 6) is -0.315. The molecule has 32 heavy (non-hydrogen) atoms. The van der Waals surface area contributed by atoms with E-state index in [-0.39, 0.29) is 5.91 Å². The van der Waals surface area contributed by atoms with Crippen LogP contribution in [0.25, 0.3) is 5.57 Å². The van der Waals surface area contributed by atoms with Crippen molar-refractivity contribution in [1.29, 1.82) is 0 Å². The molecule has 1 heterocycles. The molecule has 8 heteroatoms. The molecule has 0 radical (unpaired) electrons. The number of benzene rings is 2. The predicted octanol–water partition coefficient (Wildman–Crippen LogP) is 5.05. The fourth-order valence-electron chi connectivity index (χ4n) is 3.25. The third-order valence-electron chi connectivity index (χ3n) is 4.81. The number of para-hydroxylation sites is 2. The Balaban J connectivity index is 1.67. The van der Waals surface area contributed by atoms with Crippen LogP contribution in [0.3, 0.4) is 0 Å². The first kappa shape index (κ1) is 22.9. The van der Waals surface area contributed by atoms with Crippen molar-refractivity contribution in [3.63, 3.8) is 0 Å². The van der Waals surface area contributed by atoms with Crippen LogP contribution < -0.4 is 10.6 Å². The van der Waals surface area contributed by atoms with E-state index in [9.17, 15) is 14.4 Å². The zero-order valence-corrected chi connectivity index (χ0v) is 18.3. The lowest BCUT2D eigenvalue weighted by molar-refractivity contribution is 0.0635. The van der Waals surface area contributed by atoms with Gasteiger partial charge in [-0.15, -0.1) is 0 Å². The second-order valence-corrected chi connectivity index (χ2v) is 8.41. The average molecular weight is 437 g/mol. The van der Waals surface area contributed by atoms with Gasteiger partial charge in [0.25, 0.3) is 5.91 Å². The number of hydrogen-bond acceptors (Lipinski definition) is 4. The molecular formula is C24H27N3O5. The number of amides is 3. The van der Waals surface area contributed by atoms with Gasteiger partial charge in [-0.2, -0.15) is 0 Å². The van der Waals surface area contributed by atoms with Crippen molar-refractivity contribution in [3.8, 4) is 0 Å². The van der Waals surface area contributed by atoms with Gasteiger partial charge in [-0.25, -0.2) is 9.59 Å². The highest BCUT2D eigenvalue weighted by molar-refractivity contribution is 6.07. The summed E-state index contributed by atoms with van der Waals surface area (Å²) in [7, 11) is 0. The molecule has 0 unspecified atom stereocenters. The summed E-state index contributed by atoms with van der Waals surface area (Å²) in [6, 6.07) is 14.0. The van der Waals surface area contributed by atoms with Crippen molar-refractivity contribution in [1.82, 2.24) is 4.90 Å². The van der Waals surface area contributed by atoms with Crippen LogP contribution in [0.1, 0.15) is 43.1 Å². The minimum atomic E-state index is -0.922. The Bertz CT molecular complexity index is 1040. The highest BCUT2D eigenvalue weighted by Crippen LogP contribution is 2.25. The highest BCUT2D eigenvalue weighted by atomic mass is 16.6. The molecule has 3 N–H and O–H groups in total. The van der Waals surface area contributed by atoms with Crippen molar-refractivity contribution in [2.45, 2.75) is 32.8 Å².